The Hall–Kier alpha value is -0.910. The Kier molecular flexibility index (Phi) is 4.30. The minimum absolute atomic E-state index is 0.212. The largest absolute Gasteiger partial charge is 0.310 e. The second-order valence-corrected chi connectivity index (χ2v) is 6.15. The van der Waals surface area contributed by atoms with Crippen molar-refractivity contribution >= 4 is 10.0 Å². The molecule has 0 amide bonds. The molecule has 1 aromatic rings. The summed E-state index contributed by atoms with van der Waals surface area (Å²) in [5.41, 5.74) is 2.73. The topological polar surface area (TPSA) is 72.2 Å². The molecule has 0 radical (unpaired) electrons. The summed E-state index contributed by atoms with van der Waals surface area (Å²) in [4.78, 5) is 0.212. The van der Waals surface area contributed by atoms with Crippen LogP contribution in [0.15, 0.2) is 17.0 Å². The van der Waals surface area contributed by atoms with Crippen LogP contribution in [0, 0.1) is 13.8 Å². The number of hydrogen-bond donors (Lipinski definition) is 2. The van der Waals surface area contributed by atoms with Crippen LogP contribution in [0.25, 0.3) is 0 Å². The maximum atomic E-state index is 11.4. The third-order valence-corrected chi connectivity index (χ3v) is 3.69. The normalized spacial score (nSPS) is 12.1. The van der Waals surface area contributed by atoms with Crippen molar-refractivity contribution in [2.45, 2.75) is 45.2 Å². The lowest BCUT2D eigenvalue weighted by atomic mass is 10.1. The Bertz CT molecular complexity index is 507. The van der Waals surface area contributed by atoms with E-state index in [1.54, 1.807) is 13.0 Å². The molecule has 1 rings (SSSR count). The standard InChI is InChI=1S/C12H20N2O2S/c1-8(2)14-7-11-6-12(17(13,15)16)10(4)5-9(11)3/h5-6,8,14H,7H2,1-4H3,(H2,13,15,16). The van der Waals surface area contributed by atoms with E-state index < -0.39 is 10.0 Å². The van der Waals surface area contributed by atoms with Gasteiger partial charge in [0, 0.05) is 12.6 Å². The lowest BCUT2D eigenvalue weighted by molar-refractivity contribution is 0.585. The van der Waals surface area contributed by atoms with Gasteiger partial charge in [-0.25, -0.2) is 13.6 Å². The molecule has 3 N–H and O–H groups in total. The van der Waals surface area contributed by atoms with Crippen molar-refractivity contribution in [3.05, 3.63) is 28.8 Å². The molecule has 0 aliphatic carbocycles. The average Bonchev–Trinajstić information content (AvgIpc) is 2.13. The van der Waals surface area contributed by atoms with Crippen LogP contribution in [0.1, 0.15) is 30.5 Å². The van der Waals surface area contributed by atoms with E-state index in [4.69, 9.17) is 5.14 Å². The highest BCUT2D eigenvalue weighted by molar-refractivity contribution is 7.89. The summed E-state index contributed by atoms with van der Waals surface area (Å²) in [5, 5.41) is 8.45. The molecule has 0 spiro atoms. The van der Waals surface area contributed by atoms with E-state index >= 15 is 0 Å². The lowest BCUT2D eigenvalue weighted by Gasteiger charge is -2.13. The van der Waals surface area contributed by atoms with Gasteiger partial charge in [0.1, 0.15) is 0 Å². The summed E-state index contributed by atoms with van der Waals surface area (Å²) >= 11 is 0. The first-order valence-electron chi connectivity index (χ1n) is 5.58. The zero-order valence-electron chi connectivity index (χ0n) is 10.7. The zero-order chi connectivity index (χ0) is 13.2. The molecule has 1 aromatic carbocycles. The van der Waals surface area contributed by atoms with Gasteiger partial charge in [0.25, 0.3) is 0 Å². The third-order valence-electron chi connectivity index (χ3n) is 2.64. The van der Waals surface area contributed by atoms with Gasteiger partial charge in [-0.05, 0) is 36.6 Å². The van der Waals surface area contributed by atoms with Crippen LogP contribution in [0.3, 0.4) is 0 Å². The molecule has 0 heterocycles. The molecular weight excluding hydrogens is 236 g/mol. The van der Waals surface area contributed by atoms with Gasteiger partial charge < -0.3 is 5.32 Å². The fourth-order valence-corrected chi connectivity index (χ4v) is 2.50. The molecule has 0 unspecified atom stereocenters. The number of hydrogen-bond acceptors (Lipinski definition) is 3. The summed E-state index contributed by atoms with van der Waals surface area (Å²) in [5.74, 6) is 0. The fraction of sp³-hybridized carbons (Fsp3) is 0.500. The van der Waals surface area contributed by atoms with Crippen LogP contribution in [0.5, 0.6) is 0 Å². The molecule has 0 saturated heterocycles. The lowest BCUT2D eigenvalue weighted by Crippen LogP contribution is -2.23. The third kappa shape index (κ3) is 3.80. The number of benzene rings is 1. The highest BCUT2D eigenvalue weighted by atomic mass is 32.2. The first-order valence-corrected chi connectivity index (χ1v) is 7.12. The Morgan fingerprint density at radius 3 is 2.29 bits per heavy atom. The molecule has 17 heavy (non-hydrogen) atoms. The predicted molar refractivity (Wildman–Crippen MR) is 69.3 cm³/mol. The molecule has 96 valence electrons. The second kappa shape index (κ2) is 5.16. The van der Waals surface area contributed by atoms with Crippen molar-refractivity contribution in [3.8, 4) is 0 Å². The quantitative estimate of drug-likeness (QED) is 0.856. The maximum Gasteiger partial charge on any atom is 0.238 e. The van der Waals surface area contributed by atoms with E-state index in [2.05, 4.69) is 5.32 Å². The minimum Gasteiger partial charge on any atom is -0.310 e. The number of primary sulfonamides is 1. The molecule has 0 fully saturated rings. The SMILES string of the molecule is Cc1cc(C)c(S(N)(=O)=O)cc1CNC(C)C. The highest BCUT2D eigenvalue weighted by Gasteiger charge is 2.13. The van der Waals surface area contributed by atoms with Crippen molar-refractivity contribution in [1.82, 2.24) is 5.32 Å². The molecule has 5 heteroatoms. The van der Waals surface area contributed by atoms with E-state index in [1.165, 1.54) is 0 Å². The molecular formula is C12H20N2O2S. The van der Waals surface area contributed by atoms with Gasteiger partial charge in [0.2, 0.25) is 10.0 Å². The zero-order valence-corrected chi connectivity index (χ0v) is 11.6. The Labute approximate surface area is 103 Å². The summed E-state index contributed by atoms with van der Waals surface area (Å²) in [6.07, 6.45) is 0. The van der Waals surface area contributed by atoms with Gasteiger partial charge in [-0.1, -0.05) is 19.9 Å². The van der Waals surface area contributed by atoms with E-state index in [0.717, 1.165) is 11.1 Å². The first-order chi connectivity index (χ1) is 7.71. The molecule has 0 aromatic heterocycles. The summed E-state index contributed by atoms with van der Waals surface area (Å²) < 4.78 is 22.8. The van der Waals surface area contributed by atoms with Crippen LogP contribution >= 0.6 is 0 Å². The number of sulfonamides is 1. The summed E-state index contributed by atoms with van der Waals surface area (Å²) in [6.45, 7) is 8.46. The van der Waals surface area contributed by atoms with E-state index in [9.17, 15) is 8.42 Å². The van der Waals surface area contributed by atoms with Crippen LogP contribution in [-0.4, -0.2) is 14.5 Å². The van der Waals surface area contributed by atoms with Gasteiger partial charge in [-0.3, -0.25) is 0 Å². The maximum absolute atomic E-state index is 11.4. The van der Waals surface area contributed by atoms with Crippen molar-refractivity contribution in [3.63, 3.8) is 0 Å². The second-order valence-electron chi connectivity index (χ2n) is 4.62. The summed E-state index contributed by atoms with van der Waals surface area (Å²) in [7, 11) is -3.64. The van der Waals surface area contributed by atoms with Gasteiger partial charge >= 0.3 is 0 Å². The molecule has 0 aliphatic heterocycles. The van der Waals surface area contributed by atoms with Crippen LogP contribution < -0.4 is 10.5 Å². The van der Waals surface area contributed by atoms with E-state index in [0.29, 0.717) is 18.2 Å². The van der Waals surface area contributed by atoms with E-state index in [1.807, 2.05) is 26.8 Å². The van der Waals surface area contributed by atoms with Crippen LogP contribution in [0.2, 0.25) is 0 Å². The van der Waals surface area contributed by atoms with Crippen molar-refractivity contribution < 1.29 is 8.42 Å². The molecule has 0 atom stereocenters. The van der Waals surface area contributed by atoms with Crippen LogP contribution in [-0.2, 0) is 16.6 Å². The number of nitrogens with two attached hydrogens (primary N) is 1. The average molecular weight is 256 g/mol. The number of nitrogens with one attached hydrogen (secondary N) is 1. The van der Waals surface area contributed by atoms with Crippen molar-refractivity contribution in [1.29, 1.82) is 0 Å². The Morgan fingerprint density at radius 1 is 1.24 bits per heavy atom. The van der Waals surface area contributed by atoms with Gasteiger partial charge in [-0.15, -0.1) is 0 Å². The molecule has 0 bridgehead atoms. The monoisotopic (exact) mass is 256 g/mol. The van der Waals surface area contributed by atoms with Crippen molar-refractivity contribution in [2.75, 3.05) is 0 Å². The highest BCUT2D eigenvalue weighted by Crippen LogP contribution is 2.19. The van der Waals surface area contributed by atoms with Crippen molar-refractivity contribution in [2.24, 2.45) is 5.14 Å². The van der Waals surface area contributed by atoms with E-state index in [-0.39, 0.29) is 4.90 Å². The molecule has 4 nitrogen and oxygen atoms in total. The molecule has 0 saturated carbocycles. The summed E-state index contributed by atoms with van der Waals surface area (Å²) in [6, 6.07) is 3.88. The predicted octanol–water partition coefficient (Wildman–Crippen LogP) is 1.45. The number of aryl methyl sites for hydroxylation is 2. The minimum atomic E-state index is -3.64. The molecule has 0 aliphatic rings. The van der Waals surface area contributed by atoms with Gasteiger partial charge in [0.15, 0.2) is 0 Å². The van der Waals surface area contributed by atoms with Gasteiger partial charge in [0.05, 0.1) is 4.90 Å². The Morgan fingerprint density at radius 2 is 1.82 bits per heavy atom. The van der Waals surface area contributed by atoms with Crippen LogP contribution in [0.4, 0.5) is 0 Å². The number of rotatable bonds is 4. The Balaban J connectivity index is 3.16. The fourth-order valence-electron chi connectivity index (χ4n) is 1.69. The first kappa shape index (κ1) is 14.2. The van der Waals surface area contributed by atoms with Gasteiger partial charge in [-0.2, -0.15) is 0 Å². The smallest absolute Gasteiger partial charge is 0.238 e.